The second-order valence-electron chi connectivity index (χ2n) is 7.21. The standard InChI is InChI=1S/C26H21NO3/c1-17-13-14-22-21(15-17)24(18(2)25(27-22)20-11-7-4-8-12-20)26(29)30-16-23(28)19-9-5-3-6-10-19/h3-15H,16H2,1-2H3. The quantitative estimate of drug-likeness (QED) is 0.328. The Bertz CT molecular complexity index is 1230. The minimum absolute atomic E-state index is 0.237. The van der Waals surface area contributed by atoms with Gasteiger partial charge < -0.3 is 4.74 Å². The van der Waals surface area contributed by atoms with Crippen LogP contribution in [0.5, 0.6) is 0 Å². The van der Waals surface area contributed by atoms with Gasteiger partial charge in [-0.05, 0) is 31.5 Å². The van der Waals surface area contributed by atoms with Crippen LogP contribution in [0.15, 0.2) is 78.9 Å². The smallest absolute Gasteiger partial charge is 0.339 e. The number of carbonyl (C=O) groups excluding carboxylic acids is 2. The summed E-state index contributed by atoms with van der Waals surface area (Å²) < 4.78 is 5.45. The van der Waals surface area contributed by atoms with Gasteiger partial charge in [-0.2, -0.15) is 0 Å². The maximum atomic E-state index is 13.1. The molecule has 0 amide bonds. The third-order valence-electron chi connectivity index (χ3n) is 5.07. The van der Waals surface area contributed by atoms with Crippen molar-refractivity contribution >= 4 is 22.7 Å². The van der Waals surface area contributed by atoms with Crippen molar-refractivity contribution in [1.29, 1.82) is 0 Å². The molecule has 1 heterocycles. The Labute approximate surface area is 175 Å². The number of pyridine rings is 1. The highest BCUT2D eigenvalue weighted by Gasteiger charge is 2.21. The molecule has 0 aliphatic rings. The van der Waals surface area contributed by atoms with Crippen LogP contribution in [-0.4, -0.2) is 23.3 Å². The lowest BCUT2D eigenvalue weighted by molar-refractivity contribution is 0.0476. The fraction of sp³-hybridized carbons (Fsp3) is 0.115. The van der Waals surface area contributed by atoms with Gasteiger partial charge in [-0.25, -0.2) is 9.78 Å². The van der Waals surface area contributed by atoms with Crippen LogP contribution in [0.25, 0.3) is 22.2 Å². The van der Waals surface area contributed by atoms with Gasteiger partial charge in [0, 0.05) is 16.5 Å². The average molecular weight is 395 g/mol. The van der Waals surface area contributed by atoms with Crippen molar-refractivity contribution in [3.8, 4) is 11.3 Å². The molecular formula is C26H21NO3. The molecule has 0 bridgehead atoms. The van der Waals surface area contributed by atoms with Crippen molar-refractivity contribution in [2.45, 2.75) is 13.8 Å². The van der Waals surface area contributed by atoms with Crippen LogP contribution in [-0.2, 0) is 4.74 Å². The van der Waals surface area contributed by atoms with Gasteiger partial charge in [-0.1, -0.05) is 72.3 Å². The molecule has 1 aromatic heterocycles. The van der Waals surface area contributed by atoms with E-state index < -0.39 is 5.97 Å². The molecular weight excluding hydrogens is 374 g/mol. The van der Waals surface area contributed by atoms with Crippen LogP contribution in [0, 0.1) is 13.8 Å². The molecule has 0 fully saturated rings. The minimum atomic E-state index is -0.521. The van der Waals surface area contributed by atoms with E-state index in [1.54, 1.807) is 24.3 Å². The van der Waals surface area contributed by atoms with Gasteiger partial charge in [0.1, 0.15) is 0 Å². The van der Waals surface area contributed by atoms with E-state index in [2.05, 4.69) is 0 Å². The number of hydrogen-bond acceptors (Lipinski definition) is 4. The van der Waals surface area contributed by atoms with Crippen LogP contribution in [0.1, 0.15) is 31.8 Å². The van der Waals surface area contributed by atoms with E-state index in [0.717, 1.165) is 27.8 Å². The summed E-state index contributed by atoms with van der Waals surface area (Å²) in [5.41, 5.74) is 5.08. The molecule has 4 heteroatoms. The first-order valence-electron chi connectivity index (χ1n) is 9.76. The highest BCUT2D eigenvalue weighted by Crippen LogP contribution is 2.30. The highest BCUT2D eigenvalue weighted by atomic mass is 16.5. The first-order valence-corrected chi connectivity index (χ1v) is 9.76. The average Bonchev–Trinajstić information content (AvgIpc) is 2.78. The van der Waals surface area contributed by atoms with E-state index in [-0.39, 0.29) is 12.4 Å². The van der Waals surface area contributed by atoms with Crippen molar-refractivity contribution in [2.75, 3.05) is 6.61 Å². The zero-order valence-electron chi connectivity index (χ0n) is 16.9. The SMILES string of the molecule is Cc1ccc2nc(-c3ccccc3)c(C)c(C(=O)OCC(=O)c3ccccc3)c2c1. The molecule has 0 radical (unpaired) electrons. The van der Waals surface area contributed by atoms with Crippen LogP contribution < -0.4 is 0 Å². The van der Waals surface area contributed by atoms with E-state index in [9.17, 15) is 9.59 Å². The number of nitrogens with zero attached hydrogens (tertiary/aromatic N) is 1. The number of carbonyl (C=O) groups is 2. The molecule has 4 rings (SSSR count). The molecule has 4 aromatic rings. The minimum Gasteiger partial charge on any atom is -0.454 e. The number of aryl methyl sites for hydroxylation is 1. The van der Waals surface area contributed by atoms with Crippen LogP contribution in [0.3, 0.4) is 0 Å². The summed E-state index contributed by atoms with van der Waals surface area (Å²) in [5.74, 6) is -0.758. The predicted molar refractivity (Wildman–Crippen MR) is 118 cm³/mol. The largest absolute Gasteiger partial charge is 0.454 e. The molecule has 4 nitrogen and oxygen atoms in total. The molecule has 0 unspecified atom stereocenters. The number of ketones is 1. The Balaban J connectivity index is 1.74. The molecule has 0 spiro atoms. The number of fused-ring (bicyclic) bond motifs is 1. The van der Waals surface area contributed by atoms with Crippen LogP contribution in [0.4, 0.5) is 0 Å². The van der Waals surface area contributed by atoms with Crippen molar-refractivity contribution in [2.24, 2.45) is 0 Å². The predicted octanol–water partition coefficient (Wildman–Crippen LogP) is 5.56. The number of esters is 1. The molecule has 148 valence electrons. The first-order chi connectivity index (χ1) is 14.5. The second-order valence-corrected chi connectivity index (χ2v) is 7.21. The summed E-state index contributed by atoms with van der Waals surface area (Å²) in [5, 5.41) is 0.726. The molecule has 0 aliphatic heterocycles. The number of Topliss-reactive ketones (excluding diaryl/α,β-unsaturated/α-hetero) is 1. The summed E-state index contributed by atoms with van der Waals surface area (Å²) in [6, 6.07) is 24.4. The highest BCUT2D eigenvalue weighted by molar-refractivity contribution is 6.07. The maximum Gasteiger partial charge on any atom is 0.339 e. The normalized spacial score (nSPS) is 10.7. The van der Waals surface area contributed by atoms with Crippen molar-refractivity contribution < 1.29 is 14.3 Å². The van der Waals surface area contributed by atoms with Crippen molar-refractivity contribution in [3.63, 3.8) is 0 Å². The topological polar surface area (TPSA) is 56.3 Å². The van der Waals surface area contributed by atoms with Gasteiger partial charge in [0.15, 0.2) is 12.4 Å². The summed E-state index contributed by atoms with van der Waals surface area (Å²) in [7, 11) is 0. The molecule has 0 saturated heterocycles. The summed E-state index contributed by atoms with van der Waals surface area (Å²) in [6.07, 6.45) is 0. The Hall–Kier alpha value is -3.79. The van der Waals surface area contributed by atoms with Crippen molar-refractivity contribution in [3.05, 3.63) is 101 Å². The summed E-state index contributed by atoms with van der Waals surface area (Å²) in [4.78, 5) is 30.3. The Morgan fingerprint density at radius 3 is 2.23 bits per heavy atom. The number of benzene rings is 3. The monoisotopic (exact) mass is 395 g/mol. The van der Waals surface area contributed by atoms with Gasteiger partial charge >= 0.3 is 5.97 Å². The summed E-state index contributed by atoms with van der Waals surface area (Å²) >= 11 is 0. The van der Waals surface area contributed by atoms with Crippen LogP contribution >= 0.6 is 0 Å². The molecule has 0 N–H and O–H groups in total. The lowest BCUT2D eigenvalue weighted by atomic mass is 9.97. The fourth-order valence-electron chi connectivity index (χ4n) is 3.52. The van der Waals surface area contributed by atoms with Gasteiger partial charge in [-0.15, -0.1) is 0 Å². The Morgan fingerprint density at radius 1 is 0.867 bits per heavy atom. The number of ether oxygens (including phenoxy) is 1. The lowest BCUT2D eigenvalue weighted by Gasteiger charge is -2.14. The second kappa shape index (κ2) is 8.29. The number of aromatic nitrogens is 1. The number of rotatable bonds is 5. The zero-order chi connectivity index (χ0) is 21.1. The zero-order valence-corrected chi connectivity index (χ0v) is 16.9. The molecule has 0 atom stereocenters. The summed E-state index contributed by atoms with van der Waals surface area (Å²) in [6.45, 7) is 3.53. The number of hydrogen-bond donors (Lipinski definition) is 0. The van der Waals surface area contributed by atoms with E-state index in [0.29, 0.717) is 16.6 Å². The molecule has 30 heavy (non-hydrogen) atoms. The lowest BCUT2D eigenvalue weighted by Crippen LogP contribution is -2.16. The molecule has 0 saturated carbocycles. The van der Waals surface area contributed by atoms with E-state index in [1.165, 1.54) is 0 Å². The Morgan fingerprint density at radius 2 is 1.53 bits per heavy atom. The first kappa shape index (κ1) is 19.5. The van der Waals surface area contributed by atoms with Crippen LogP contribution in [0.2, 0.25) is 0 Å². The van der Waals surface area contributed by atoms with Gasteiger partial charge in [0.25, 0.3) is 0 Å². The third-order valence-corrected chi connectivity index (χ3v) is 5.07. The third kappa shape index (κ3) is 3.85. The van der Waals surface area contributed by atoms with E-state index in [1.807, 2.05) is 68.4 Å². The Kier molecular flexibility index (Phi) is 5.40. The van der Waals surface area contributed by atoms with E-state index in [4.69, 9.17) is 9.72 Å². The molecule has 0 aliphatic carbocycles. The maximum absolute atomic E-state index is 13.1. The van der Waals surface area contributed by atoms with Gasteiger partial charge in [-0.3, -0.25) is 4.79 Å². The van der Waals surface area contributed by atoms with Crippen molar-refractivity contribution in [1.82, 2.24) is 4.98 Å². The fourth-order valence-corrected chi connectivity index (χ4v) is 3.52. The van der Waals surface area contributed by atoms with Gasteiger partial charge in [0.2, 0.25) is 0 Å². The van der Waals surface area contributed by atoms with E-state index >= 15 is 0 Å². The molecule has 3 aromatic carbocycles. The van der Waals surface area contributed by atoms with Gasteiger partial charge in [0.05, 0.1) is 16.8 Å².